The molecule has 16 heavy (non-hydrogen) atoms. The zero-order chi connectivity index (χ0) is 11.4. The molecule has 1 saturated heterocycles. The van der Waals surface area contributed by atoms with Gasteiger partial charge in [-0.25, -0.2) is 4.39 Å². The second kappa shape index (κ2) is 5.28. The first-order chi connectivity index (χ1) is 7.66. The average molecular weight is 241 g/mol. The number of rotatable bonds is 4. The summed E-state index contributed by atoms with van der Waals surface area (Å²) in [5.74, 6) is 0. The molecule has 1 fully saturated rings. The predicted octanol–water partition coefficient (Wildman–Crippen LogP) is 3.55. The van der Waals surface area contributed by atoms with Crippen LogP contribution in [0.2, 0.25) is 0 Å². The fourth-order valence-corrected chi connectivity index (χ4v) is 3.33. The van der Waals surface area contributed by atoms with Crippen LogP contribution < -0.4 is 5.32 Å². The second-order valence-electron chi connectivity index (χ2n) is 5.02. The van der Waals surface area contributed by atoms with Gasteiger partial charge in [0.1, 0.15) is 5.67 Å². The third-order valence-electron chi connectivity index (χ3n) is 3.21. The van der Waals surface area contributed by atoms with E-state index in [4.69, 9.17) is 0 Å². The highest BCUT2D eigenvalue weighted by molar-refractivity contribution is 7.09. The number of hydrogen-bond donors (Lipinski definition) is 1. The van der Waals surface area contributed by atoms with Crippen LogP contribution in [0, 0.1) is 0 Å². The number of piperidine rings is 1. The molecule has 1 aliphatic rings. The Kier molecular flexibility index (Phi) is 3.98. The third-order valence-corrected chi connectivity index (χ3v) is 4.08. The standard InChI is InChI=1S/C13H20FNS/c1-13(14,10-12-6-4-8-16-12)9-11-5-2-3-7-15-11/h4,6,8,11,15H,2-3,5,7,9-10H2,1H3. The lowest BCUT2D eigenvalue weighted by Gasteiger charge is -2.29. The van der Waals surface area contributed by atoms with Gasteiger partial charge in [-0.3, -0.25) is 0 Å². The van der Waals surface area contributed by atoms with Crippen molar-refractivity contribution >= 4 is 11.3 Å². The molecule has 2 rings (SSSR count). The Morgan fingerprint density at radius 2 is 2.44 bits per heavy atom. The minimum atomic E-state index is -1.07. The molecule has 0 saturated carbocycles. The predicted molar refractivity (Wildman–Crippen MR) is 67.8 cm³/mol. The first kappa shape index (κ1) is 12.1. The van der Waals surface area contributed by atoms with Crippen LogP contribution in [0.5, 0.6) is 0 Å². The van der Waals surface area contributed by atoms with Gasteiger partial charge in [-0.1, -0.05) is 12.5 Å². The van der Waals surface area contributed by atoms with E-state index in [1.807, 2.05) is 17.5 Å². The molecular weight excluding hydrogens is 221 g/mol. The van der Waals surface area contributed by atoms with Crippen molar-refractivity contribution in [2.75, 3.05) is 6.54 Å². The molecule has 1 aromatic rings. The monoisotopic (exact) mass is 241 g/mol. The molecule has 0 aliphatic carbocycles. The van der Waals surface area contributed by atoms with Crippen LogP contribution in [0.3, 0.4) is 0 Å². The summed E-state index contributed by atoms with van der Waals surface area (Å²) < 4.78 is 14.4. The third kappa shape index (κ3) is 3.56. The normalized spacial score (nSPS) is 25.2. The molecule has 0 aromatic carbocycles. The van der Waals surface area contributed by atoms with Crippen LogP contribution in [0.1, 0.15) is 37.5 Å². The highest BCUT2D eigenvalue weighted by Crippen LogP contribution is 2.27. The lowest BCUT2D eigenvalue weighted by molar-refractivity contribution is 0.147. The van der Waals surface area contributed by atoms with Crippen molar-refractivity contribution in [1.29, 1.82) is 0 Å². The molecule has 2 atom stereocenters. The smallest absolute Gasteiger partial charge is 0.114 e. The lowest BCUT2D eigenvalue weighted by Crippen LogP contribution is -2.39. The van der Waals surface area contributed by atoms with Gasteiger partial charge in [-0.05, 0) is 44.2 Å². The van der Waals surface area contributed by atoms with E-state index in [1.54, 1.807) is 18.3 Å². The Hall–Kier alpha value is -0.410. The van der Waals surface area contributed by atoms with Gasteiger partial charge >= 0.3 is 0 Å². The van der Waals surface area contributed by atoms with E-state index in [0.29, 0.717) is 18.9 Å². The zero-order valence-electron chi connectivity index (χ0n) is 9.84. The summed E-state index contributed by atoms with van der Waals surface area (Å²) in [5, 5.41) is 5.44. The number of hydrogen-bond acceptors (Lipinski definition) is 2. The molecule has 0 amide bonds. The summed E-state index contributed by atoms with van der Waals surface area (Å²) in [6, 6.07) is 4.40. The van der Waals surface area contributed by atoms with Gasteiger partial charge in [-0.2, -0.15) is 0 Å². The van der Waals surface area contributed by atoms with Crippen molar-refractivity contribution in [3.8, 4) is 0 Å². The first-order valence-electron chi connectivity index (χ1n) is 6.10. The summed E-state index contributed by atoms with van der Waals surface area (Å²) in [5.41, 5.74) is -1.07. The summed E-state index contributed by atoms with van der Waals surface area (Å²) in [6.45, 7) is 2.79. The van der Waals surface area contributed by atoms with Crippen LogP contribution >= 0.6 is 11.3 Å². The first-order valence-corrected chi connectivity index (χ1v) is 6.98. The topological polar surface area (TPSA) is 12.0 Å². The average Bonchev–Trinajstić information content (AvgIpc) is 2.70. The second-order valence-corrected chi connectivity index (χ2v) is 6.05. The van der Waals surface area contributed by atoms with Crippen molar-refractivity contribution in [1.82, 2.24) is 5.32 Å². The highest BCUT2D eigenvalue weighted by atomic mass is 32.1. The molecule has 2 heterocycles. The van der Waals surface area contributed by atoms with Crippen LogP contribution in [0.4, 0.5) is 4.39 Å². The van der Waals surface area contributed by atoms with Crippen LogP contribution in [0.15, 0.2) is 17.5 Å². The van der Waals surface area contributed by atoms with Crippen molar-refractivity contribution in [2.45, 2.75) is 50.7 Å². The molecule has 0 spiro atoms. The molecule has 3 heteroatoms. The molecular formula is C13H20FNS. The van der Waals surface area contributed by atoms with Crippen molar-refractivity contribution < 1.29 is 4.39 Å². The molecule has 1 aromatic heterocycles. The minimum Gasteiger partial charge on any atom is -0.314 e. The van der Waals surface area contributed by atoms with E-state index < -0.39 is 5.67 Å². The molecule has 0 bridgehead atoms. The Labute approximate surface area is 101 Å². The molecule has 2 unspecified atom stereocenters. The van der Waals surface area contributed by atoms with Gasteiger partial charge in [0.2, 0.25) is 0 Å². The summed E-state index contributed by atoms with van der Waals surface area (Å²) >= 11 is 1.65. The van der Waals surface area contributed by atoms with Gasteiger partial charge in [-0.15, -0.1) is 11.3 Å². The SMILES string of the molecule is CC(F)(Cc1cccs1)CC1CCCCN1. The van der Waals surface area contributed by atoms with Crippen LogP contribution in [0.25, 0.3) is 0 Å². The van der Waals surface area contributed by atoms with Crippen molar-refractivity contribution in [2.24, 2.45) is 0 Å². The maximum atomic E-state index is 14.4. The zero-order valence-corrected chi connectivity index (χ0v) is 10.7. The molecule has 90 valence electrons. The maximum Gasteiger partial charge on any atom is 0.114 e. The van der Waals surface area contributed by atoms with Gasteiger partial charge in [0.15, 0.2) is 0 Å². The van der Waals surface area contributed by atoms with Crippen LogP contribution in [-0.4, -0.2) is 18.3 Å². The fraction of sp³-hybridized carbons (Fsp3) is 0.692. The van der Waals surface area contributed by atoms with E-state index in [1.165, 1.54) is 12.8 Å². The molecule has 1 N–H and O–H groups in total. The van der Waals surface area contributed by atoms with Gasteiger partial charge in [0.25, 0.3) is 0 Å². The minimum absolute atomic E-state index is 0.378. The van der Waals surface area contributed by atoms with Gasteiger partial charge in [0, 0.05) is 17.3 Å². The van der Waals surface area contributed by atoms with Crippen molar-refractivity contribution in [3.05, 3.63) is 22.4 Å². The number of halogens is 1. The van der Waals surface area contributed by atoms with E-state index in [9.17, 15) is 4.39 Å². The Morgan fingerprint density at radius 1 is 1.56 bits per heavy atom. The summed E-state index contributed by atoms with van der Waals surface area (Å²) in [7, 11) is 0. The molecule has 1 aliphatic heterocycles. The lowest BCUT2D eigenvalue weighted by atomic mass is 9.90. The van der Waals surface area contributed by atoms with Crippen LogP contribution in [-0.2, 0) is 6.42 Å². The van der Waals surface area contributed by atoms with E-state index in [2.05, 4.69) is 5.32 Å². The molecule has 1 nitrogen and oxygen atoms in total. The number of thiophene rings is 1. The largest absolute Gasteiger partial charge is 0.314 e. The van der Waals surface area contributed by atoms with E-state index in [0.717, 1.165) is 17.8 Å². The summed E-state index contributed by atoms with van der Waals surface area (Å²) in [6.07, 6.45) is 4.81. The number of alkyl halides is 1. The number of nitrogens with one attached hydrogen (secondary N) is 1. The van der Waals surface area contributed by atoms with E-state index >= 15 is 0 Å². The maximum absolute atomic E-state index is 14.4. The Morgan fingerprint density at radius 3 is 3.06 bits per heavy atom. The van der Waals surface area contributed by atoms with Gasteiger partial charge < -0.3 is 5.32 Å². The Bertz CT molecular complexity index is 302. The van der Waals surface area contributed by atoms with E-state index in [-0.39, 0.29) is 0 Å². The van der Waals surface area contributed by atoms with Gasteiger partial charge in [0.05, 0.1) is 0 Å². The van der Waals surface area contributed by atoms with Crippen molar-refractivity contribution in [3.63, 3.8) is 0 Å². The Balaban J connectivity index is 1.86. The molecule has 0 radical (unpaired) electrons. The fourth-order valence-electron chi connectivity index (χ4n) is 2.46. The summed E-state index contributed by atoms with van der Waals surface area (Å²) in [4.78, 5) is 1.15. The highest BCUT2D eigenvalue weighted by Gasteiger charge is 2.29. The quantitative estimate of drug-likeness (QED) is 0.850.